The van der Waals surface area contributed by atoms with Crippen LogP contribution in [-0.2, 0) is 4.84 Å². The van der Waals surface area contributed by atoms with Gasteiger partial charge >= 0.3 is 0 Å². The molecule has 0 aromatic carbocycles. The molecule has 0 radical (unpaired) electrons. The van der Waals surface area contributed by atoms with E-state index in [1.807, 2.05) is 20.8 Å². The first-order valence-corrected chi connectivity index (χ1v) is 7.04. The summed E-state index contributed by atoms with van der Waals surface area (Å²) in [6.45, 7) is 6.53. The van der Waals surface area contributed by atoms with E-state index in [4.69, 9.17) is 5.90 Å². The van der Waals surface area contributed by atoms with Crippen molar-refractivity contribution in [2.75, 3.05) is 18.1 Å². The van der Waals surface area contributed by atoms with E-state index < -0.39 is 0 Å². The Balaban J connectivity index is 2.29. The van der Waals surface area contributed by atoms with Crippen molar-refractivity contribution in [1.82, 2.24) is 20.0 Å². The molecule has 0 saturated heterocycles. The Morgan fingerprint density at radius 2 is 2.23 bits per heavy atom. The van der Waals surface area contributed by atoms with Crippen LogP contribution in [0.3, 0.4) is 0 Å². The maximum absolute atomic E-state index is 12.8. The summed E-state index contributed by atoms with van der Waals surface area (Å²) in [6, 6.07) is 1.70. The van der Waals surface area contributed by atoms with Crippen LogP contribution in [0.2, 0.25) is 0 Å². The van der Waals surface area contributed by atoms with Gasteiger partial charge in [0.25, 0.3) is 5.91 Å². The molecule has 0 spiro atoms. The third-order valence-corrected chi connectivity index (χ3v) is 3.47. The lowest BCUT2D eigenvalue weighted by atomic mass is 10.2. The largest absolute Gasteiger partial charge is 0.307 e. The van der Waals surface area contributed by atoms with Crippen LogP contribution in [0.1, 0.15) is 35.9 Å². The Bertz CT molecular complexity index is 628. The van der Waals surface area contributed by atoms with E-state index in [0.29, 0.717) is 24.4 Å². The molecule has 22 heavy (non-hydrogen) atoms. The second-order valence-electron chi connectivity index (χ2n) is 4.92. The molecule has 0 aliphatic heterocycles. The van der Waals surface area contributed by atoms with E-state index in [9.17, 15) is 4.79 Å². The van der Waals surface area contributed by atoms with Crippen molar-refractivity contribution in [3.8, 4) is 0 Å². The van der Waals surface area contributed by atoms with Gasteiger partial charge < -0.3 is 9.74 Å². The van der Waals surface area contributed by atoms with E-state index in [1.54, 1.807) is 34.2 Å². The third kappa shape index (κ3) is 3.12. The molecular formula is C14H20N6O2. The van der Waals surface area contributed by atoms with Gasteiger partial charge in [-0.2, -0.15) is 15.3 Å². The number of nitrogens with two attached hydrogens (primary N) is 1. The molecule has 1 amide bonds. The Morgan fingerprint density at radius 1 is 1.45 bits per heavy atom. The molecule has 2 aromatic heterocycles. The average molecular weight is 304 g/mol. The van der Waals surface area contributed by atoms with Crippen molar-refractivity contribution in [2.45, 2.75) is 26.8 Å². The summed E-state index contributed by atoms with van der Waals surface area (Å²) in [5.41, 5.74) is 2.02. The molecule has 0 fully saturated rings. The summed E-state index contributed by atoms with van der Waals surface area (Å²) >= 11 is 0. The van der Waals surface area contributed by atoms with Crippen molar-refractivity contribution in [3.05, 3.63) is 35.9 Å². The normalized spacial score (nSPS) is 12.2. The molecule has 2 N–H and O–H groups in total. The van der Waals surface area contributed by atoms with E-state index >= 15 is 0 Å². The molecule has 2 aromatic rings. The molecule has 2 heterocycles. The van der Waals surface area contributed by atoms with Crippen LogP contribution >= 0.6 is 0 Å². The van der Waals surface area contributed by atoms with Gasteiger partial charge in [-0.15, -0.1) is 0 Å². The van der Waals surface area contributed by atoms with Crippen molar-refractivity contribution in [2.24, 2.45) is 5.90 Å². The molecule has 0 aliphatic carbocycles. The SMILES string of the molecule is CCN(C(=O)c1cnn(C(C)CON)c1C)c1ccnnc1. The predicted octanol–water partition coefficient (Wildman–Crippen LogP) is 1.10. The number of carbonyl (C=O) groups is 1. The van der Waals surface area contributed by atoms with Gasteiger partial charge in [-0.3, -0.25) is 9.48 Å². The summed E-state index contributed by atoms with van der Waals surface area (Å²) in [6.07, 6.45) is 4.69. The minimum Gasteiger partial charge on any atom is -0.307 e. The second kappa shape index (κ2) is 7.10. The molecule has 8 nitrogen and oxygen atoms in total. The van der Waals surface area contributed by atoms with E-state index in [-0.39, 0.29) is 11.9 Å². The van der Waals surface area contributed by atoms with Crippen LogP contribution in [0.15, 0.2) is 24.7 Å². The number of aromatic nitrogens is 4. The van der Waals surface area contributed by atoms with Gasteiger partial charge in [0.1, 0.15) is 0 Å². The van der Waals surface area contributed by atoms with Crippen LogP contribution in [0, 0.1) is 6.92 Å². The summed E-state index contributed by atoms with van der Waals surface area (Å²) < 4.78 is 1.73. The minimum absolute atomic E-state index is 0.0516. The van der Waals surface area contributed by atoms with Crippen LogP contribution in [-0.4, -0.2) is 39.0 Å². The van der Waals surface area contributed by atoms with Gasteiger partial charge in [-0.1, -0.05) is 0 Å². The molecule has 0 saturated carbocycles. The number of amides is 1. The predicted molar refractivity (Wildman–Crippen MR) is 81.2 cm³/mol. The highest BCUT2D eigenvalue weighted by molar-refractivity contribution is 6.06. The number of anilines is 1. The molecule has 2 rings (SSSR count). The lowest BCUT2D eigenvalue weighted by Crippen LogP contribution is -2.31. The molecule has 118 valence electrons. The van der Waals surface area contributed by atoms with E-state index in [1.165, 1.54) is 0 Å². The van der Waals surface area contributed by atoms with Crippen molar-refractivity contribution >= 4 is 11.6 Å². The monoisotopic (exact) mass is 304 g/mol. The number of nitrogens with zero attached hydrogens (tertiary/aromatic N) is 5. The number of carbonyl (C=O) groups excluding carboxylic acids is 1. The number of hydrogen-bond donors (Lipinski definition) is 1. The zero-order valence-electron chi connectivity index (χ0n) is 12.9. The fourth-order valence-corrected chi connectivity index (χ4v) is 2.32. The van der Waals surface area contributed by atoms with Crippen LogP contribution in [0.25, 0.3) is 0 Å². The molecule has 1 atom stereocenters. The minimum atomic E-state index is -0.125. The number of rotatable bonds is 6. The fraction of sp³-hybridized carbons (Fsp3) is 0.429. The maximum Gasteiger partial charge on any atom is 0.261 e. The summed E-state index contributed by atoms with van der Waals surface area (Å²) in [4.78, 5) is 19.0. The first-order chi connectivity index (χ1) is 10.6. The average Bonchev–Trinajstić information content (AvgIpc) is 2.91. The topological polar surface area (TPSA) is 99.2 Å². The first kappa shape index (κ1) is 16.1. The highest BCUT2D eigenvalue weighted by Crippen LogP contribution is 2.19. The summed E-state index contributed by atoms with van der Waals surface area (Å²) in [7, 11) is 0. The van der Waals surface area contributed by atoms with Gasteiger partial charge in [-0.25, -0.2) is 5.90 Å². The molecule has 1 unspecified atom stereocenters. The van der Waals surface area contributed by atoms with E-state index in [0.717, 1.165) is 5.69 Å². The Morgan fingerprint density at radius 3 is 2.82 bits per heavy atom. The zero-order chi connectivity index (χ0) is 16.1. The Labute approximate surface area is 128 Å². The van der Waals surface area contributed by atoms with Crippen LogP contribution in [0.4, 0.5) is 5.69 Å². The smallest absolute Gasteiger partial charge is 0.261 e. The molecule has 0 aliphatic rings. The summed E-state index contributed by atoms with van der Waals surface area (Å²) in [5.74, 6) is 4.98. The lowest BCUT2D eigenvalue weighted by molar-refractivity contribution is 0.0984. The fourth-order valence-electron chi connectivity index (χ4n) is 2.32. The van der Waals surface area contributed by atoms with Crippen LogP contribution < -0.4 is 10.8 Å². The zero-order valence-corrected chi connectivity index (χ0v) is 12.9. The van der Waals surface area contributed by atoms with Crippen LogP contribution in [0.5, 0.6) is 0 Å². The van der Waals surface area contributed by atoms with Gasteiger partial charge in [0.05, 0.1) is 42.5 Å². The third-order valence-electron chi connectivity index (χ3n) is 3.47. The second-order valence-corrected chi connectivity index (χ2v) is 4.92. The summed E-state index contributed by atoms with van der Waals surface area (Å²) in [5, 5.41) is 11.8. The van der Waals surface area contributed by atoms with Crippen molar-refractivity contribution in [3.63, 3.8) is 0 Å². The van der Waals surface area contributed by atoms with Gasteiger partial charge in [-0.05, 0) is 26.8 Å². The van der Waals surface area contributed by atoms with Crippen molar-refractivity contribution in [1.29, 1.82) is 0 Å². The first-order valence-electron chi connectivity index (χ1n) is 7.04. The maximum atomic E-state index is 12.8. The van der Waals surface area contributed by atoms with Gasteiger partial charge in [0.15, 0.2) is 0 Å². The highest BCUT2D eigenvalue weighted by Gasteiger charge is 2.22. The highest BCUT2D eigenvalue weighted by atomic mass is 16.6. The lowest BCUT2D eigenvalue weighted by Gasteiger charge is -2.20. The molecule has 8 heteroatoms. The van der Waals surface area contributed by atoms with Gasteiger partial charge in [0.2, 0.25) is 0 Å². The molecular weight excluding hydrogens is 284 g/mol. The Kier molecular flexibility index (Phi) is 5.18. The standard InChI is InChI=1S/C14H20N6O2/c1-4-19(12-5-6-16-17-7-12)14(21)13-8-18-20(11(13)3)10(2)9-22-15/h5-8,10H,4,9,15H2,1-3H3. The molecule has 0 bridgehead atoms. The number of hydrogen-bond acceptors (Lipinski definition) is 6. The van der Waals surface area contributed by atoms with E-state index in [2.05, 4.69) is 20.1 Å². The quantitative estimate of drug-likeness (QED) is 0.802. The Hall–Kier alpha value is -2.32. The van der Waals surface area contributed by atoms with Crippen molar-refractivity contribution < 1.29 is 9.63 Å². The van der Waals surface area contributed by atoms with Gasteiger partial charge in [0, 0.05) is 12.2 Å².